The summed E-state index contributed by atoms with van der Waals surface area (Å²) in [5.41, 5.74) is 1.38. The predicted octanol–water partition coefficient (Wildman–Crippen LogP) is 5.35. The van der Waals surface area contributed by atoms with Crippen LogP contribution in [0.5, 0.6) is 0 Å². The average Bonchev–Trinajstić information content (AvgIpc) is 2.73. The van der Waals surface area contributed by atoms with Gasteiger partial charge in [0.15, 0.2) is 0 Å². The second kappa shape index (κ2) is 4.47. The molecule has 1 aliphatic rings. The van der Waals surface area contributed by atoms with E-state index in [1.54, 1.807) is 0 Å². The number of rotatable bonds is 1. The number of halogens is 1. The highest BCUT2D eigenvalue weighted by molar-refractivity contribution is 9.10. The van der Waals surface area contributed by atoms with Crippen LogP contribution in [0.3, 0.4) is 0 Å². The normalized spacial score (nSPS) is 15.1. The third-order valence-corrected chi connectivity index (χ3v) is 5.89. The maximum Gasteiger partial charge on any atom is 0.0846 e. The molecule has 16 heavy (non-hydrogen) atoms. The third kappa shape index (κ3) is 2.04. The number of fused-ring (bicyclic) bond motifs is 1. The van der Waals surface area contributed by atoms with Gasteiger partial charge in [0.25, 0.3) is 0 Å². The molecular weight excluding hydrogens is 300 g/mol. The summed E-state index contributed by atoms with van der Waals surface area (Å²) in [5.74, 6) is 0. The Bertz CT molecular complexity index is 483. The van der Waals surface area contributed by atoms with Gasteiger partial charge in [0.2, 0.25) is 0 Å². The Morgan fingerprint density at radius 1 is 0.812 bits per heavy atom. The van der Waals surface area contributed by atoms with Crippen molar-refractivity contribution in [2.24, 2.45) is 0 Å². The first-order valence-electron chi connectivity index (χ1n) is 5.01. The van der Waals surface area contributed by atoms with Crippen LogP contribution in [0.25, 0.3) is 0 Å². The van der Waals surface area contributed by atoms with Crippen molar-refractivity contribution >= 4 is 39.5 Å². The first-order valence-corrected chi connectivity index (χ1v) is 7.56. The summed E-state index contributed by atoms with van der Waals surface area (Å²) in [7, 11) is 0. The summed E-state index contributed by atoms with van der Waals surface area (Å²) in [4.78, 5) is 2.81. The number of hydrogen-bond acceptors (Lipinski definition) is 2. The first-order chi connectivity index (χ1) is 7.83. The second-order valence-corrected chi connectivity index (χ2v) is 7.07. The fourth-order valence-electron chi connectivity index (χ4n) is 1.66. The second-order valence-electron chi connectivity index (χ2n) is 3.57. The molecule has 0 atom stereocenters. The minimum atomic E-state index is 0.505. The Labute approximate surface area is 112 Å². The molecule has 0 spiro atoms. The van der Waals surface area contributed by atoms with Crippen molar-refractivity contribution in [3.8, 4) is 0 Å². The van der Waals surface area contributed by atoms with Crippen LogP contribution in [0.1, 0.15) is 10.1 Å². The Morgan fingerprint density at radius 2 is 1.38 bits per heavy atom. The highest BCUT2D eigenvalue weighted by Crippen LogP contribution is 2.56. The van der Waals surface area contributed by atoms with E-state index in [2.05, 4.69) is 64.5 Å². The molecular formula is C13H9BrS2. The van der Waals surface area contributed by atoms with Gasteiger partial charge >= 0.3 is 0 Å². The topological polar surface area (TPSA) is 0 Å². The average molecular weight is 309 g/mol. The van der Waals surface area contributed by atoms with E-state index >= 15 is 0 Å². The van der Waals surface area contributed by atoms with Gasteiger partial charge in [-0.1, -0.05) is 40.2 Å². The van der Waals surface area contributed by atoms with E-state index in [9.17, 15) is 0 Å². The molecule has 0 radical (unpaired) electrons. The van der Waals surface area contributed by atoms with Crippen molar-refractivity contribution in [1.82, 2.24) is 0 Å². The Kier molecular flexibility index (Phi) is 3.01. The molecule has 1 heterocycles. The summed E-state index contributed by atoms with van der Waals surface area (Å²) < 4.78 is 1.65. The largest absolute Gasteiger partial charge is 0.105 e. The molecule has 0 aliphatic carbocycles. The molecule has 0 nitrogen and oxygen atoms in total. The standard InChI is InChI=1S/C13H9BrS2/c14-10-7-5-9(6-8-10)13-15-11-3-1-2-4-12(11)16-13/h1-8,13H. The summed E-state index contributed by atoms with van der Waals surface area (Å²) in [6, 6.07) is 17.2. The van der Waals surface area contributed by atoms with Crippen LogP contribution in [0.15, 0.2) is 62.8 Å². The van der Waals surface area contributed by atoms with E-state index in [1.807, 2.05) is 23.5 Å². The molecule has 3 heteroatoms. The zero-order chi connectivity index (χ0) is 11.0. The zero-order valence-electron chi connectivity index (χ0n) is 8.39. The van der Waals surface area contributed by atoms with Gasteiger partial charge in [0, 0.05) is 14.3 Å². The van der Waals surface area contributed by atoms with Crippen molar-refractivity contribution in [3.05, 3.63) is 58.6 Å². The van der Waals surface area contributed by atoms with Crippen LogP contribution in [-0.4, -0.2) is 0 Å². The Balaban J connectivity index is 1.88. The number of benzene rings is 2. The third-order valence-electron chi connectivity index (χ3n) is 2.46. The maximum atomic E-state index is 3.47. The molecule has 2 aromatic carbocycles. The van der Waals surface area contributed by atoms with Crippen molar-refractivity contribution in [3.63, 3.8) is 0 Å². The van der Waals surface area contributed by atoms with Gasteiger partial charge in [-0.25, -0.2) is 0 Å². The molecule has 0 bridgehead atoms. The molecule has 0 amide bonds. The Hall–Kier alpha value is -0.380. The van der Waals surface area contributed by atoms with E-state index < -0.39 is 0 Å². The molecule has 2 aromatic rings. The lowest BCUT2D eigenvalue weighted by molar-refractivity contribution is 1.27. The molecule has 0 saturated carbocycles. The highest BCUT2D eigenvalue weighted by atomic mass is 79.9. The van der Waals surface area contributed by atoms with Crippen LogP contribution in [0.2, 0.25) is 0 Å². The molecule has 0 N–H and O–H groups in total. The molecule has 0 unspecified atom stereocenters. The van der Waals surface area contributed by atoms with Crippen LogP contribution in [0, 0.1) is 0 Å². The lowest BCUT2D eigenvalue weighted by atomic mass is 10.2. The molecule has 1 aliphatic heterocycles. The summed E-state index contributed by atoms with van der Waals surface area (Å²) in [6.07, 6.45) is 0. The molecule has 0 aromatic heterocycles. The van der Waals surface area contributed by atoms with E-state index in [4.69, 9.17) is 0 Å². The number of hydrogen-bond donors (Lipinski definition) is 0. The van der Waals surface area contributed by atoms with Gasteiger partial charge in [-0.05, 0) is 29.8 Å². The minimum Gasteiger partial charge on any atom is -0.105 e. The SMILES string of the molecule is Brc1ccc(C2Sc3ccccc3S2)cc1. The van der Waals surface area contributed by atoms with Crippen molar-refractivity contribution < 1.29 is 0 Å². The molecule has 3 rings (SSSR count). The van der Waals surface area contributed by atoms with Gasteiger partial charge in [-0.3, -0.25) is 0 Å². The molecule has 80 valence electrons. The summed E-state index contributed by atoms with van der Waals surface area (Å²) in [5, 5.41) is 0. The Morgan fingerprint density at radius 3 is 1.94 bits per heavy atom. The van der Waals surface area contributed by atoms with Gasteiger partial charge in [0.1, 0.15) is 0 Å². The van der Waals surface area contributed by atoms with E-state index in [-0.39, 0.29) is 0 Å². The smallest absolute Gasteiger partial charge is 0.0846 e. The fraction of sp³-hybridized carbons (Fsp3) is 0.0769. The van der Waals surface area contributed by atoms with Crippen LogP contribution in [-0.2, 0) is 0 Å². The van der Waals surface area contributed by atoms with Crippen molar-refractivity contribution in [1.29, 1.82) is 0 Å². The van der Waals surface area contributed by atoms with Crippen LogP contribution in [0.4, 0.5) is 0 Å². The summed E-state index contributed by atoms with van der Waals surface area (Å²) >= 11 is 7.35. The molecule has 0 fully saturated rings. The van der Waals surface area contributed by atoms with E-state index in [1.165, 1.54) is 15.4 Å². The number of thioether (sulfide) groups is 2. The van der Waals surface area contributed by atoms with Gasteiger partial charge < -0.3 is 0 Å². The van der Waals surface area contributed by atoms with Gasteiger partial charge in [-0.15, -0.1) is 23.5 Å². The van der Waals surface area contributed by atoms with Crippen molar-refractivity contribution in [2.45, 2.75) is 14.4 Å². The molecule has 0 saturated heterocycles. The van der Waals surface area contributed by atoms with Gasteiger partial charge in [-0.2, -0.15) is 0 Å². The zero-order valence-corrected chi connectivity index (χ0v) is 11.6. The minimum absolute atomic E-state index is 0.505. The summed E-state index contributed by atoms with van der Waals surface area (Å²) in [6.45, 7) is 0. The predicted molar refractivity (Wildman–Crippen MR) is 75.0 cm³/mol. The maximum absolute atomic E-state index is 3.47. The van der Waals surface area contributed by atoms with Crippen LogP contribution < -0.4 is 0 Å². The quantitative estimate of drug-likeness (QED) is 0.697. The lowest BCUT2D eigenvalue weighted by Gasteiger charge is -2.07. The highest BCUT2D eigenvalue weighted by Gasteiger charge is 2.23. The van der Waals surface area contributed by atoms with Crippen molar-refractivity contribution in [2.75, 3.05) is 0 Å². The van der Waals surface area contributed by atoms with E-state index in [0.29, 0.717) is 4.58 Å². The van der Waals surface area contributed by atoms with Crippen LogP contribution >= 0.6 is 39.5 Å². The van der Waals surface area contributed by atoms with E-state index in [0.717, 1.165) is 4.47 Å². The fourth-order valence-corrected chi connectivity index (χ4v) is 4.75. The first kappa shape index (κ1) is 10.8. The monoisotopic (exact) mass is 308 g/mol. The van der Waals surface area contributed by atoms with Gasteiger partial charge in [0.05, 0.1) is 4.58 Å². The lowest BCUT2D eigenvalue weighted by Crippen LogP contribution is -1.83.